The molecule has 0 saturated carbocycles. The fraction of sp³-hybridized carbons (Fsp3) is 0.706. The molecule has 2 saturated heterocycles. The van der Waals surface area contributed by atoms with E-state index in [2.05, 4.69) is 35.1 Å². The van der Waals surface area contributed by atoms with Crippen molar-refractivity contribution in [1.29, 1.82) is 0 Å². The van der Waals surface area contributed by atoms with Gasteiger partial charge in [0.25, 0.3) is 0 Å². The molecule has 1 unspecified atom stereocenters. The predicted molar refractivity (Wildman–Crippen MR) is 88.7 cm³/mol. The number of hydrogen-bond donors (Lipinski definition) is 1. The Morgan fingerprint density at radius 1 is 1.43 bits per heavy atom. The van der Waals surface area contributed by atoms with Crippen molar-refractivity contribution >= 4 is 11.8 Å². The first-order valence-electron chi connectivity index (χ1n) is 8.19. The van der Waals surface area contributed by atoms with E-state index in [4.69, 9.17) is 4.74 Å². The first kappa shape index (κ1) is 15.3. The van der Waals surface area contributed by atoms with Crippen molar-refractivity contribution in [2.75, 3.05) is 18.1 Å². The molecule has 21 heavy (non-hydrogen) atoms. The molecule has 3 rings (SSSR count). The summed E-state index contributed by atoms with van der Waals surface area (Å²) in [5.74, 6) is 2.51. The minimum absolute atomic E-state index is 0.166. The first-order chi connectivity index (χ1) is 10.3. The Bertz CT molecular complexity index is 454. The van der Waals surface area contributed by atoms with E-state index in [9.17, 15) is 0 Å². The normalized spacial score (nSPS) is 25.1. The third kappa shape index (κ3) is 3.79. The van der Waals surface area contributed by atoms with Gasteiger partial charge in [0.2, 0.25) is 0 Å². The summed E-state index contributed by atoms with van der Waals surface area (Å²) in [6.45, 7) is 3.99. The van der Waals surface area contributed by atoms with E-state index in [0.717, 1.165) is 26.0 Å². The summed E-state index contributed by atoms with van der Waals surface area (Å²) >= 11 is 2.07. The lowest BCUT2D eigenvalue weighted by atomic mass is 9.85. The Hall–Kier alpha value is -0.580. The Morgan fingerprint density at radius 2 is 2.29 bits per heavy atom. The standard InChI is InChI=1S/C17H26N2OS/c1-2-14-4-3-8-18-16(14)13-19-15-5-9-20-17(12-15)6-10-21-11-7-17/h3-4,8,15,19H,2,5-7,9-13H2,1H3. The Kier molecular flexibility index (Phi) is 5.19. The van der Waals surface area contributed by atoms with Gasteiger partial charge in [0.1, 0.15) is 0 Å². The first-order valence-corrected chi connectivity index (χ1v) is 9.35. The average molecular weight is 306 g/mol. The van der Waals surface area contributed by atoms with E-state index in [1.54, 1.807) is 0 Å². The summed E-state index contributed by atoms with van der Waals surface area (Å²) in [5.41, 5.74) is 2.74. The summed E-state index contributed by atoms with van der Waals surface area (Å²) in [7, 11) is 0. The summed E-state index contributed by atoms with van der Waals surface area (Å²) in [5, 5.41) is 3.73. The van der Waals surface area contributed by atoms with Crippen molar-refractivity contribution in [1.82, 2.24) is 10.3 Å². The highest BCUT2D eigenvalue weighted by Crippen LogP contribution is 2.37. The molecule has 0 bridgehead atoms. The van der Waals surface area contributed by atoms with Crippen LogP contribution in [0.5, 0.6) is 0 Å². The van der Waals surface area contributed by atoms with Crippen LogP contribution in [0.3, 0.4) is 0 Å². The van der Waals surface area contributed by atoms with Gasteiger partial charge in [-0.05, 0) is 55.2 Å². The summed E-state index contributed by atoms with van der Waals surface area (Å²) < 4.78 is 6.16. The van der Waals surface area contributed by atoms with Crippen LogP contribution in [0.25, 0.3) is 0 Å². The van der Waals surface area contributed by atoms with Gasteiger partial charge in [0.05, 0.1) is 11.3 Å². The molecule has 4 heteroatoms. The van der Waals surface area contributed by atoms with Crippen LogP contribution in [0.2, 0.25) is 0 Å². The molecule has 1 spiro atoms. The largest absolute Gasteiger partial charge is 0.375 e. The molecule has 1 atom stereocenters. The van der Waals surface area contributed by atoms with Crippen LogP contribution in [0.15, 0.2) is 18.3 Å². The molecule has 1 aromatic heterocycles. The lowest BCUT2D eigenvalue weighted by Crippen LogP contribution is -2.48. The van der Waals surface area contributed by atoms with E-state index in [1.165, 1.54) is 42.0 Å². The van der Waals surface area contributed by atoms with E-state index in [1.807, 2.05) is 12.3 Å². The van der Waals surface area contributed by atoms with Crippen LogP contribution < -0.4 is 5.32 Å². The molecule has 1 aromatic rings. The molecule has 2 aliphatic heterocycles. The quantitative estimate of drug-likeness (QED) is 0.926. The highest BCUT2D eigenvalue weighted by atomic mass is 32.2. The predicted octanol–water partition coefficient (Wildman–Crippen LogP) is 3.18. The maximum absolute atomic E-state index is 6.16. The molecule has 3 nitrogen and oxygen atoms in total. The van der Waals surface area contributed by atoms with Crippen molar-refractivity contribution in [3.63, 3.8) is 0 Å². The van der Waals surface area contributed by atoms with Gasteiger partial charge in [0, 0.05) is 25.4 Å². The second kappa shape index (κ2) is 7.12. The van der Waals surface area contributed by atoms with Crippen molar-refractivity contribution in [2.45, 2.75) is 57.2 Å². The van der Waals surface area contributed by atoms with Crippen LogP contribution in [-0.2, 0) is 17.7 Å². The Balaban J connectivity index is 1.57. The highest BCUT2D eigenvalue weighted by molar-refractivity contribution is 7.99. The second-order valence-corrected chi connectivity index (χ2v) is 7.40. The summed E-state index contributed by atoms with van der Waals surface area (Å²) in [6, 6.07) is 4.80. The fourth-order valence-electron chi connectivity index (χ4n) is 3.49. The number of rotatable bonds is 4. The zero-order valence-corrected chi connectivity index (χ0v) is 13.8. The zero-order chi connectivity index (χ0) is 14.5. The zero-order valence-electron chi connectivity index (χ0n) is 12.9. The number of ether oxygens (including phenoxy) is 1. The van der Waals surface area contributed by atoms with Gasteiger partial charge in [0.15, 0.2) is 0 Å². The molecule has 2 aliphatic rings. The Labute approximate surface area is 132 Å². The monoisotopic (exact) mass is 306 g/mol. The molecule has 116 valence electrons. The fourth-order valence-corrected chi connectivity index (χ4v) is 4.72. The van der Waals surface area contributed by atoms with Gasteiger partial charge in [-0.1, -0.05) is 13.0 Å². The molecule has 1 N–H and O–H groups in total. The van der Waals surface area contributed by atoms with Gasteiger partial charge in [-0.15, -0.1) is 0 Å². The third-order valence-electron chi connectivity index (χ3n) is 4.82. The lowest BCUT2D eigenvalue weighted by molar-refractivity contribution is -0.0933. The number of aryl methyl sites for hydroxylation is 1. The number of nitrogens with one attached hydrogen (secondary N) is 1. The average Bonchev–Trinajstić information content (AvgIpc) is 2.54. The number of pyridine rings is 1. The molecule has 0 aromatic carbocycles. The minimum atomic E-state index is 0.166. The van der Waals surface area contributed by atoms with E-state index in [0.29, 0.717) is 6.04 Å². The number of thioether (sulfide) groups is 1. The van der Waals surface area contributed by atoms with Gasteiger partial charge < -0.3 is 10.1 Å². The second-order valence-electron chi connectivity index (χ2n) is 6.18. The number of aromatic nitrogens is 1. The van der Waals surface area contributed by atoms with Crippen molar-refractivity contribution in [3.05, 3.63) is 29.6 Å². The van der Waals surface area contributed by atoms with Crippen molar-refractivity contribution in [3.8, 4) is 0 Å². The minimum Gasteiger partial charge on any atom is -0.375 e. The summed E-state index contributed by atoms with van der Waals surface area (Å²) in [4.78, 5) is 4.54. The lowest BCUT2D eigenvalue weighted by Gasteiger charge is -2.43. The van der Waals surface area contributed by atoms with Gasteiger partial charge in [-0.2, -0.15) is 11.8 Å². The Morgan fingerprint density at radius 3 is 3.10 bits per heavy atom. The van der Waals surface area contributed by atoms with Gasteiger partial charge >= 0.3 is 0 Å². The van der Waals surface area contributed by atoms with Crippen LogP contribution in [0.4, 0.5) is 0 Å². The number of hydrogen-bond acceptors (Lipinski definition) is 4. The molecule has 0 aliphatic carbocycles. The van der Waals surface area contributed by atoms with E-state index in [-0.39, 0.29) is 5.60 Å². The smallest absolute Gasteiger partial charge is 0.0713 e. The molecule has 2 fully saturated rings. The van der Waals surface area contributed by atoms with Crippen LogP contribution in [0, 0.1) is 0 Å². The van der Waals surface area contributed by atoms with E-state index < -0.39 is 0 Å². The van der Waals surface area contributed by atoms with Gasteiger partial charge in [-0.3, -0.25) is 4.98 Å². The number of nitrogens with zero attached hydrogens (tertiary/aromatic N) is 1. The molecule has 0 radical (unpaired) electrons. The SMILES string of the molecule is CCc1cccnc1CNC1CCOC2(CCSCC2)C1. The maximum atomic E-state index is 6.16. The molecular formula is C17H26N2OS. The van der Waals surface area contributed by atoms with Crippen LogP contribution in [0.1, 0.15) is 43.9 Å². The van der Waals surface area contributed by atoms with Gasteiger partial charge in [-0.25, -0.2) is 0 Å². The van der Waals surface area contributed by atoms with Crippen molar-refractivity contribution in [2.24, 2.45) is 0 Å². The molecule has 3 heterocycles. The van der Waals surface area contributed by atoms with Crippen LogP contribution >= 0.6 is 11.8 Å². The topological polar surface area (TPSA) is 34.2 Å². The molecule has 0 amide bonds. The maximum Gasteiger partial charge on any atom is 0.0713 e. The third-order valence-corrected chi connectivity index (χ3v) is 5.81. The van der Waals surface area contributed by atoms with E-state index >= 15 is 0 Å². The highest BCUT2D eigenvalue weighted by Gasteiger charge is 2.38. The summed E-state index contributed by atoms with van der Waals surface area (Å²) in [6.07, 6.45) is 7.70. The van der Waals surface area contributed by atoms with Crippen molar-refractivity contribution < 1.29 is 4.74 Å². The molecular weight excluding hydrogens is 280 g/mol. The van der Waals surface area contributed by atoms with Crippen LogP contribution in [-0.4, -0.2) is 34.7 Å².